The topological polar surface area (TPSA) is 97.6 Å². The van der Waals surface area contributed by atoms with Crippen LogP contribution in [0.15, 0.2) is 42.6 Å². The molecule has 1 saturated heterocycles. The zero-order valence-corrected chi connectivity index (χ0v) is 14.6. The molecular weight excluding hydrogens is 332 g/mol. The molecule has 3 rings (SSSR count). The van der Waals surface area contributed by atoms with E-state index in [0.29, 0.717) is 18.8 Å². The van der Waals surface area contributed by atoms with Crippen molar-refractivity contribution in [2.45, 2.75) is 25.9 Å². The lowest BCUT2D eigenvalue weighted by molar-refractivity contribution is 0.0989. The molecule has 0 bridgehead atoms. The summed E-state index contributed by atoms with van der Waals surface area (Å²) in [6.07, 6.45) is 3.03. The first-order chi connectivity index (χ1) is 12.5. The van der Waals surface area contributed by atoms with Crippen molar-refractivity contribution in [3.8, 4) is 5.75 Å². The first-order valence-corrected chi connectivity index (χ1v) is 8.57. The van der Waals surface area contributed by atoms with Gasteiger partial charge in [-0.25, -0.2) is 4.79 Å². The van der Waals surface area contributed by atoms with Gasteiger partial charge in [0.25, 0.3) is 5.91 Å². The van der Waals surface area contributed by atoms with Crippen LogP contribution >= 0.6 is 0 Å². The van der Waals surface area contributed by atoms with Gasteiger partial charge in [0.1, 0.15) is 17.5 Å². The second-order valence-electron chi connectivity index (χ2n) is 6.31. The van der Waals surface area contributed by atoms with Crippen molar-refractivity contribution in [3.63, 3.8) is 0 Å². The van der Waals surface area contributed by atoms with E-state index in [1.807, 2.05) is 31.2 Å². The van der Waals surface area contributed by atoms with Crippen LogP contribution in [0.25, 0.3) is 0 Å². The maximum absolute atomic E-state index is 12.5. The van der Waals surface area contributed by atoms with E-state index < -0.39 is 5.91 Å². The minimum atomic E-state index is -0.599. The average Bonchev–Trinajstić information content (AvgIpc) is 2.64. The number of primary amides is 1. The lowest BCUT2D eigenvalue weighted by Gasteiger charge is -2.33. The molecule has 0 aliphatic carbocycles. The number of nitrogens with zero attached hydrogens (tertiary/aromatic N) is 2. The van der Waals surface area contributed by atoms with Gasteiger partial charge in [0.15, 0.2) is 0 Å². The molecule has 1 fully saturated rings. The number of nitrogens with two attached hydrogens (primary N) is 1. The largest absolute Gasteiger partial charge is 0.488 e. The molecule has 0 radical (unpaired) electrons. The van der Waals surface area contributed by atoms with Crippen molar-refractivity contribution in [1.29, 1.82) is 0 Å². The summed E-state index contributed by atoms with van der Waals surface area (Å²) in [6, 6.07) is 10.7. The number of carbonyl (C=O) groups excluding carboxylic acids is 2. The minimum absolute atomic E-state index is 0.139. The molecule has 0 spiro atoms. The molecule has 26 heavy (non-hydrogen) atoms. The van der Waals surface area contributed by atoms with Crippen LogP contribution in [-0.4, -0.2) is 41.0 Å². The molecule has 2 aromatic rings. The number of carbonyl (C=O) groups is 2. The molecule has 7 nitrogen and oxygen atoms in total. The van der Waals surface area contributed by atoms with Gasteiger partial charge in [-0.3, -0.25) is 9.78 Å². The van der Waals surface area contributed by atoms with E-state index in [1.165, 1.54) is 12.3 Å². The first kappa shape index (κ1) is 17.7. The molecule has 1 aromatic heterocycles. The average molecular weight is 354 g/mol. The Bertz CT molecular complexity index is 809. The summed E-state index contributed by atoms with van der Waals surface area (Å²) in [5.74, 6) is -0.0710. The zero-order valence-electron chi connectivity index (χ0n) is 14.6. The monoisotopic (exact) mass is 354 g/mol. The Morgan fingerprint density at radius 3 is 2.88 bits per heavy atom. The second kappa shape index (κ2) is 7.86. The van der Waals surface area contributed by atoms with Crippen LogP contribution in [0.4, 0.5) is 10.5 Å². The fraction of sp³-hybridized carbons (Fsp3) is 0.316. The first-order valence-electron chi connectivity index (χ1n) is 8.57. The SMILES string of the molecule is Cc1ccccc1NC(=O)N1CCCC(Oc2ccnc(C(N)=O)c2)C1. The number of nitrogens with one attached hydrogen (secondary N) is 1. The highest BCUT2D eigenvalue weighted by Crippen LogP contribution is 2.20. The summed E-state index contributed by atoms with van der Waals surface area (Å²) in [5, 5.41) is 2.95. The van der Waals surface area contributed by atoms with Gasteiger partial charge < -0.3 is 20.7 Å². The summed E-state index contributed by atoms with van der Waals surface area (Å²) in [7, 11) is 0. The molecule has 1 aromatic carbocycles. The summed E-state index contributed by atoms with van der Waals surface area (Å²) in [6.45, 7) is 3.11. The van der Waals surface area contributed by atoms with Gasteiger partial charge in [-0.05, 0) is 37.5 Å². The van der Waals surface area contributed by atoms with Crippen LogP contribution in [0.1, 0.15) is 28.9 Å². The minimum Gasteiger partial charge on any atom is -0.488 e. The highest BCUT2D eigenvalue weighted by atomic mass is 16.5. The molecule has 3 N–H and O–H groups in total. The third-order valence-corrected chi connectivity index (χ3v) is 4.34. The molecule has 1 aliphatic rings. The van der Waals surface area contributed by atoms with Crippen LogP contribution < -0.4 is 15.8 Å². The number of amides is 3. The highest BCUT2D eigenvalue weighted by Gasteiger charge is 2.25. The summed E-state index contributed by atoms with van der Waals surface area (Å²) in [5.41, 5.74) is 7.23. The predicted molar refractivity (Wildman–Crippen MR) is 98.2 cm³/mol. The number of likely N-dealkylation sites (tertiary alicyclic amines) is 1. The number of aromatic nitrogens is 1. The normalized spacial score (nSPS) is 16.8. The molecule has 7 heteroatoms. The Morgan fingerprint density at radius 2 is 2.12 bits per heavy atom. The zero-order chi connectivity index (χ0) is 18.5. The Balaban J connectivity index is 1.62. The Kier molecular flexibility index (Phi) is 5.36. The van der Waals surface area contributed by atoms with E-state index >= 15 is 0 Å². The number of ether oxygens (including phenoxy) is 1. The molecule has 2 heterocycles. The number of urea groups is 1. The fourth-order valence-electron chi connectivity index (χ4n) is 2.94. The number of hydrogen-bond acceptors (Lipinski definition) is 4. The summed E-state index contributed by atoms with van der Waals surface area (Å²) < 4.78 is 5.93. The number of benzene rings is 1. The molecule has 136 valence electrons. The molecule has 1 aliphatic heterocycles. The van der Waals surface area contributed by atoms with E-state index in [2.05, 4.69) is 10.3 Å². The second-order valence-corrected chi connectivity index (χ2v) is 6.31. The van der Waals surface area contributed by atoms with Crippen LogP contribution in [0.3, 0.4) is 0 Å². The van der Waals surface area contributed by atoms with Crippen LogP contribution in [-0.2, 0) is 0 Å². The van der Waals surface area contributed by atoms with Crippen molar-refractivity contribution in [2.24, 2.45) is 5.73 Å². The Labute approximate surface area is 152 Å². The van der Waals surface area contributed by atoms with E-state index in [4.69, 9.17) is 10.5 Å². The van der Waals surface area contributed by atoms with E-state index in [9.17, 15) is 9.59 Å². The lowest BCUT2D eigenvalue weighted by Crippen LogP contribution is -2.46. The smallest absolute Gasteiger partial charge is 0.321 e. The van der Waals surface area contributed by atoms with E-state index in [0.717, 1.165) is 24.1 Å². The number of hydrogen-bond donors (Lipinski definition) is 2. The van der Waals surface area contributed by atoms with Crippen molar-refractivity contribution >= 4 is 17.6 Å². The van der Waals surface area contributed by atoms with Crippen molar-refractivity contribution < 1.29 is 14.3 Å². The molecule has 1 unspecified atom stereocenters. The van der Waals surface area contributed by atoms with E-state index in [-0.39, 0.29) is 17.8 Å². The van der Waals surface area contributed by atoms with Gasteiger partial charge in [0.2, 0.25) is 0 Å². The van der Waals surface area contributed by atoms with Crippen molar-refractivity contribution in [3.05, 3.63) is 53.9 Å². The highest BCUT2D eigenvalue weighted by molar-refractivity contribution is 5.91. The van der Waals surface area contributed by atoms with Gasteiger partial charge >= 0.3 is 6.03 Å². The molecular formula is C19H22N4O3. The van der Waals surface area contributed by atoms with Gasteiger partial charge in [0, 0.05) is 24.5 Å². The van der Waals surface area contributed by atoms with Crippen LogP contribution in [0, 0.1) is 6.92 Å². The number of anilines is 1. The molecule has 0 saturated carbocycles. The quantitative estimate of drug-likeness (QED) is 0.882. The number of piperidine rings is 1. The van der Waals surface area contributed by atoms with Gasteiger partial charge in [-0.1, -0.05) is 18.2 Å². The molecule has 1 atom stereocenters. The van der Waals surface area contributed by atoms with Crippen LogP contribution in [0.5, 0.6) is 5.75 Å². The lowest BCUT2D eigenvalue weighted by atomic mass is 10.1. The van der Waals surface area contributed by atoms with Gasteiger partial charge in [-0.2, -0.15) is 0 Å². The third-order valence-electron chi connectivity index (χ3n) is 4.34. The Morgan fingerprint density at radius 1 is 1.31 bits per heavy atom. The van der Waals surface area contributed by atoms with Crippen molar-refractivity contribution in [2.75, 3.05) is 18.4 Å². The van der Waals surface area contributed by atoms with E-state index in [1.54, 1.807) is 11.0 Å². The number of para-hydroxylation sites is 1. The number of aryl methyl sites for hydroxylation is 1. The fourth-order valence-corrected chi connectivity index (χ4v) is 2.94. The summed E-state index contributed by atoms with van der Waals surface area (Å²) in [4.78, 5) is 29.4. The number of pyridine rings is 1. The number of rotatable bonds is 4. The van der Waals surface area contributed by atoms with Crippen molar-refractivity contribution in [1.82, 2.24) is 9.88 Å². The molecule has 3 amide bonds. The predicted octanol–water partition coefficient (Wildman–Crippen LogP) is 2.56. The third kappa shape index (κ3) is 4.30. The standard InChI is InChI=1S/C19H22N4O3/c1-13-5-2-3-7-16(13)22-19(25)23-10-4-6-15(12-23)26-14-8-9-21-17(11-14)18(20)24/h2-3,5,7-9,11,15H,4,6,10,12H2,1H3,(H2,20,24)(H,22,25). The van der Waals surface area contributed by atoms with Gasteiger partial charge in [0.05, 0.1) is 6.54 Å². The summed E-state index contributed by atoms with van der Waals surface area (Å²) >= 11 is 0. The Hall–Kier alpha value is -3.09. The van der Waals surface area contributed by atoms with Gasteiger partial charge in [-0.15, -0.1) is 0 Å². The maximum Gasteiger partial charge on any atom is 0.321 e. The van der Waals surface area contributed by atoms with Crippen LogP contribution in [0.2, 0.25) is 0 Å². The maximum atomic E-state index is 12.5.